The molecule has 2 aliphatic heterocycles. The Morgan fingerprint density at radius 3 is 2.29 bits per heavy atom. The Morgan fingerprint density at radius 2 is 1.73 bits per heavy atom. The molecule has 45 heavy (non-hydrogen) atoms. The predicted octanol–water partition coefficient (Wildman–Crippen LogP) is 3.29. The predicted molar refractivity (Wildman–Crippen MR) is 172 cm³/mol. The Bertz CT molecular complexity index is 1150. The minimum atomic E-state index is -0.985. The summed E-state index contributed by atoms with van der Waals surface area (Å²) in [7, 11) is 5.47. The van der Waals surface area contributed by atoms with Gasteiger partial charge in [-0.15, -0.1) is 0 Å². The topological polar surface area (TPSA) is 130 Å². The lowest BCUT2D eigenvalue weighted by atomic mass is 9.61. The van der Waals surface area contributed by atoms with E-state index in [0.29, 0.717) is 25.9 Å². The zero-order valence-electron chi connectivity index (χ0n) is 28.3. The molecule has 4 atom stereocenters. The quantitative estimate of drug-likeness (QED) is 0.251. The molecule has 0 aromatic heterocycles. The van der Waals surface area contributed by atoms with Crippen molar-refractivity contribution in [2.45, 2.75) is 97.4 Å². The van der Waals surface area contributed by atoms with Crippen LogP contribution >= 0.6 is 0 Å². The summed E-state index contributed by atoms with van der Waals surface area (Å²) >= 11 is 0. The molecule has 0 saturated carbocycles. The number of rotatable bonds is 13. The van der Waals surface area contributed by atoms with Crippen molar-refractivity contribution in [1.82, 2.24) is 25.3 Å². The molecule has 2 aliphatic rings. The van der Waals surface area contributed by atoms with E-state index in [1.54, 1.807) is 12.0 Å². The van der Waals surface area contributed by atoms with Gasteiger partial charge in [0.05, 0.1) is 13.2 Å². The van der Waals surface area contributed by atoms with Crippen LogP contribution in [0.5, 0.6) is 0 Å². The number of benzene rings is 1. The van der Waals surface area contributed by atoms with Crippen LogP contribution in [-0.2, 0) is 36.8 Å². The van der Waals surface area contributed by atoms with E-state index < -0.39 is 41.7 Å². The normalized spacial score (nSPS) is 19.1. The first-order valence-corrected chi connectivity index (χ1v) is 16.0. The van der Waals surface area contributed by atoms with Gasteiger partial charge in [-0.25, -0.2) is 9.59 Å². The largest absolute Gasteiger partial charge is 0.449 e. The first-order valence-electron chi connectivity index (χ1n) is 16.0. The number of hydrogen-bond donors (Lipinski definition) is 2. The molecule has 1 saturated heterocycles. The third-order valence-corrected chi connectivity index (χ3v) is 8.44. The van der Waals surface area contributed by atoms with E-state index in [0.717, 1.165) is 24.1 Å². The van der Waals surface area contributed by atoms with Gasteiger partial charge in [-0.05, 0) is 43.5 Å². The highest BCUT2D eigenvalue weighted by Crippen LogP contribution is 2.29. The molecule has 1 fully saturated rings. The molecule has 12 nitrogen and oxygen atoms in total. The van der Waals surface area contributed by atoms with Gasteiger partial charge in [-0.1, -0.05) is 65.2 Å². The van der Waals surface area contributed by atoms with Crippen molar-refractivity contribution >= 4 is 30.9 Å². The standard InChI is InChI=1S/C32H52BN5O7/c1-9-13-26(33(5)43-8)34-28(39)25-18-24(45-31(42)37-19-22-14-10-11-15-23(22)20-37)21-38(25)29(40)27(32(2,3)4)35-30(41)44-17-12-16-36(6)7/h10-11,14-15,24-27H,9,12-13,16-21H2,1-8H3,(H,34,39)(H,35,41)/t24-,25+,26+,27-/m1/s1. The number of likely N-dealkylation sites (tertiary alicyclic amines) is 1. The minimum absolute atomic E-state index is 0.0217. The smallest absolute Gasteiger partial charge is 0.410 e. The van der Waals surface area contributed by atoms with Crippen LogP contribution in [0.25, 0.3) is 0 Å². The average Bonchev–Trinajstić information content (AvgIpc) is 3.61. The first kappa shape index (κ1) is 36.2. The lowest BCUT2D eigenvalue weighted by Crippen LogP contribution is -2.59. The van der Waals surface area contributed by atoms with Crippen molar-refractivity contribution in [2.24, 2.45) is 5.41 Å². The van der Waals surface area contributed by atoms with E-state index in [-0.39, 0.29) is 38.3 Å². The SMILES string of the molecule is CCC[C@H](NC(=O)[C@@H]1C[C@@H](OC(=O)N2Cc3ccccc3C2)CN1C(=O)[C@@H](NC(=O)OCCCN(C)C)C(C)(C)C)B(C)OC. The molecule has 1 aromatic carbocycles. The van der Waals surface area contributed by atoms with E-state index in [1.807, 2.05) is 77.8 Å². The Kier molecular flexibility index (Phi) is 13.1. The molecule has 13 heteroatoms. The Hall–Kier alpha value is -3.32. The van der Waals surface area contributed by atoms with Gasteiger partial charge in [0.25, 0.3) is 0 Å². The number of carbonyl (C=O) groups is 4. The molecule has 250 valence electrons. The van der Waals surface area contributed by atoms with Gasteiger partial charge in [-0.3, -0.25) is 14.5 Å². The molecule has 0 spiro atoms. The van der Waals surface area contributed by atoms with Gasteiger partial charge < -0.3 is 34.6 Å². The van der Waals surface area contributed by atoms with Crippen molar-refractivity contribution < 1.29 is 33.3 Å². The molecular formula is C32H52BN5O7. The number of alkyl carbamates (subject to hydrolysis) is 1. The third-order valence-electron chi connectivity index (χ3n) is 8.44. The molecule has 4 amide bonds. The van der Waals surface area contributed by atoms with E-state index in [9.17, 15) is 19.2 Å². The molecule has 0 aliphatic carbocycles. The van der Waals surface area contributed by atoms with E-state index in [1.165, 1.54) is 4.90 Å². The number of nitrogens with zero attached hydrogens (tertiary/aromatic N) is 3. The maximum absolute atomic E-state index is 14.2. The van der Waals surface area contributed by atoms with Crippen LogP contribution in [0.4, 0.5) is 9.59 Å². The monoisotopic (exact) mass is 629 g/mol. The molecule has 0 unspecified atom stereocenters. The molecule has 2 heterocycles. The number of nitrogens with one attached hydrogen (secondary N) is 2. The summed E-state index contributed by atoms with van der Waals surface area (Å²) in [6, 6.07) is 5.96. The Labute approximate surface area is 268 Å². The summed E-state index contributed by atoms with van der Waals surface area (Å²) in [5.74, 6) is -1.05. The number of fused-ring (bicyclic) bond motifs is 1. The van der Waals surface area contributed by atoms with Crippen LogP contribution in [0.2, 0.25) is 6.82 Å². The highest BCUT2D eigenvalue weighted by atomic mass is 16.6. The van der Waals surface area contributed by atoms with Crippen molar-refractivity contribution in [3.8, 4) is 0 Å². The van der Waals surface area contributed by atoms with Crippen molar-refractivity contribution in [1.29, 1.82) is 0 Å². The van der Waals surface area contributed by atoms with Crippen LogP contribution < -0.4 is 10.6 Å². The highest BCUT2D eigenvalue weighted by Gasteiger charge is 2.47. The average molecular weight is 630 g/mol. The van der Waals surface area contributed by atoms with Gasteiger partial charge in [0.1, 0.15) is 18.2 Å². The van der Waals surface area contributed by atoms with Gasteiger partial charge in [0, 0.05) is 39.1 Å². The summed E-state index contributed by atoms with van der Waals surface area (Å²) in [5, 5.41) is 5.82. The van der Waals surface area contributed by atoms with E-state index in [4.69, 9.17) is 14.1 Å². The number of carbonyl (C=O) groups excluding carboxylic acids is 4. The summed E-state index contributed by atoms with van der Waals surface area (Å²) < 4.78 is 16.8. The fourth-order valence-corrected chi connectivity index (χ4v) is 5.75. The second-order valence-electron chi connectivity index (χ2n) is 13.5. The highest BCUT2D eigenvalue weighted by molar-refractivity contribution is 6.52. The van der Waals surface area contributed by atoms with Gasteiger partial charge in [0.2, 0.25) is 11.8 Å². The van der Waals surface area contributed by atoms with Crippen molar-refractivity contribution in [2.75, 3.05) is 40.9 Å². The Morgan fingerprint density at radius 1 is 1.09 bits per heavy atom. The maximum atomic E-state index is 14.2. The fourth-order valence-electron chi connectivity index (χ4n) is 5.75. The zero-order valence-corrected chi connectivity index (χ0v) is 28.3. The molecule has 3 rings (SSSR count). The third kappa shape index (κ3) is 10.1. The van der Waals surface area contributed by atoms with Gasteiger partial charge >= 0.3 is 19.1 Å². The summed E-state index contributed by atoms with van der Waals surface area (Å²) in [6.07, 6.45) is 0.416. The molecule has 0 radical (unpaired) electrons. The molecule has 1 aromatic rings. The maximum Gasteiger partial charge on any atom is 0.410 e. The van der Waals surface area contributed by atoms with Crippen molar-refractivity contribution in [3.63, 3.8) is 0 Å². The Balaban J connectivity index is 1.78. The van der Waals surface area contributed by atoms with Gasteiger partial charge in [-0.2, -0.15) is 0 Å². The molecule has 0 bridgehead atoms. The summed E-state index contributed by atoms with van der Waals surface area (Å²) in [6.45, 7) is 11.1. The van der Waals surface area contributed by atoms with Crippen LogP contribution in [0, 0.1) is 5.41 Å². The van der Waals surface area contributed by atoms with Crippen LogP contribution in [0.15, 0.2) is 24.3 Å². The molecule has 2 N–H and O–H groups in total. The second-order valence-corrected chi connectivity index (χ2v) is 13.5. The lowest BCUT2D eigenvalue weighted by Gasteiger charge is -2.35. The molecular weight excluding hydrogens is 577 g/mol. The van der Waals surface area contributed by atoms with Gasteiger partial charge in [0.15, 0.2) is 0 Å². The second kappa shape index (κ2) is 16.3. The number of amides is 4. The van der Waals surface area contributed by atoms with Crippen LogP contribution in [0.1, 0.15) is 64.5 Å². The first-order chi connectivity index (χ1) is 21.2. The minimum Gasteiger partial charge on any atom is -0.449 e. The van der Waals surface area contributed by atoms with E-state index >= 15 is 0 Å². The van der Waals surface area contributed by atoms with Crippen LogP contribution in [0.3, 0.4) is 0 Å². The lowest BCUT2D eigenvalue weighted by molar-refractivity contribution is -0.142. The van der Waals surface area contributed by atoms with E-state index in [2.05, 4.69) is 10.6 Å². The van der Waals surface area contributed by atoms with Crippen LogP contribution in [-0.4, -0.2) is 111 Å². The number of hydrogen-bond acceptors (Lipinski definition) is 8. The summed E-state index contributed by atoms with van der Waals surface area (Å²) in [5.41, 5.74) is 1.43. The fraction of sp³-hybridized carbons (Fsp3) is 0.688. The summed E-state index contributed by atoms with van der Waals surface area (Å²) in [4.78, 5) is 59.0. The zero-order chi connectivity index (χ0) is 33.3. The number of ether oxygens (including phenoxy) is 2. The van der Waals surface area contributed by atoms with Crippen molar-refractivity contribution in [3.05, 3.63) is 35.4 Å².